The van der Waals surface area contributed by atoms with Crippen molar-refractivity contribution in [1.29, 1.82) is 0 Å². The number of nitrogens with one attached hydrogen (secondary N) is 2. The Morgan fingerprint density at radius 1 is 1.00 bits per heavy atom. The van der Waals surface area contributed by atoms with E-state index >= 15 is 0 Å². The highest BCUT2D eigenvalue weighted by Crippen LogP contribution is 2.29. The largest absolute Gasteiger partial charge is 0.490 e. The molecule has 0 unspecified atom stereocenters. The van der Waals surface area contributed by atoms with Gasteiger partial charge in [0.1, 0.15) is 11.6 Å². The van der Waals surface area contributed by atoms with Gasteiger partial charge < -0.3 is 35.0 Å². The summed E-state index contributed by atoms with van der Waals surface area (Å²) in [6, 6.07) is 9.51. The Bertz CT molecular complexity index is 1260. The first kappa shape index (κ1) is 35.6. The number of carbonyl (C=O) groups excluding carboxylic acids is 2. The number of aliphatic hydroxyl groups excluding tert-OH is 1. The van der Waals surface area contributed by atoms with E-state index in [2.05, 4.69) is 29.5 Å². The smallest absolute Gasteiger partial charge is 0.323 e. The van der Waals surface area contributed by atoms with Crippen LogP contribution in [0.1, 0.15) is 82.5 Å². The SMILES string of the molecule is C[C@@H]1CCCCO[C@H](CN(C)CC2CCCCC2)[C@H](C)CN([C@H](C)CO)C(=O)c2cc(NC(=O)Nc3ccc(F)cc3)ccc2O1. The summed E-state index contributed by atoms with van der Waals surface area (Å²) in [6.45, 7) is 8.61. The maximum atomic E-state index is 14.3. The van der Waals surface area contributed by atoms with Crippen LogP contribution in [0, 0.1) is 17.7 Å². The Kier molecular flexibility index (Phi) is 13.7. The zero-order valence-corrected chi connectivity index (χ0v) is 28.0. The standard InChI is InChI=1S/C36H53FN4O5/c1-25-21-41(26(2)24-42)35(43)32-20-31(39-36(44)38-30-15-13-29(37)14-16-30)17-18-33(32)46-27(3)10-8-9-19-45-34(25)23-40(4)22-28-11-6-5-7-12-28/h13-18,20,25-28,34,42H,5-12,19,21-24H2,1-4H3,(H2,38,39,44)/t25-,26-,27-,34-/m1/s1. The molecule has 3 N–H and O–H groups in total. The summed E-state index contributed by atoms with van der Waals surface area (Å²) in [4.78, 5) is 31.2. The van der Waals surface area contributed by atoms with Gasteiger partial charge in [-0.1, -0.05) is 26.2 Å². The molecule has 1 heterocycles. The van der Waals surface area contributed by atoms with E-state index in [0.717, 1.165) is 38.3 Å². The number of benzene rings is 2. The van der Waals surface area contributed by atoms with Crippen LogP contribution in [0.3, 0.4) is 0 Å². The molecule has 3 amide bonds. The van der Waals surface area contributed by atoms with Crippen LogP contribution >= 0.6 is 0 Å². The number of amides is 3. The summed E-state index contributed by atoms with van der Waals surface area (Å²) in [5.41, 5.74) is 1.14. The third-order valence-electron chi connectivity index (χ3n) is 9.20. The van der Waals surface area contributed by atoms with Gasteiger partial charge in [-0.05, 0) is 101 Å². The predicted octanol–water partition coefficient (Wildman–Crippen LogP) is 6.78. The number of ether oxygens (including phenoxy) is 2. The molecule has 254 valence electrons. The van der Waals surface area contributed by atoms with Crippen molar-refractivity contribution in [2.45, 2.75) is 90.4 Å². The summed E-state index contributed by atoms with van der Waals surface area (Å²) in [7, 11) is 2.17. The van der Waals surface area contributed by atoms with Gasteiger partial charge in [0.2, 0.25) is 0 Å². The molecule has 4 atom stereocenters. The number of rotatable bonds is 8. The molecule has 1 saturated carbocycles. The monoisotopic (exact) mass is 640 g/mol. The Hall–Kier alpha value is -3.21. The molecule has 10 heteroatoms. The van der Waals surface area contributed by atoms with Crippen LogP contribution in [0.2, 0.25) is 0 Å². The zero-order valence-electron chi connectivity index (χ0n) is 28.0. The van der Waals surface area contributed by atoms with Crippen LogP contribution in [0.5, 0.6) is 5.75 Å². The molecule has 2 aromatic carbocycles. The third-order valence-corrected chi connectivity index (χ3v) is 9.20. The maximum Gasteiger partial charge on any atom is 0.323 e. The summed E-state index contributed by atoms with van der Waals surface area (Å²) < 4.78 is 26.1. The second-order valence-corrected chi connectivity index (χ2v) is 13.3. The van der Waals surface area contributed by atoms with Crippen molar-refractivity contribution in [2.24, 2.45) is 11.8 Å². The molecule has 0 spiro atoms. The summed E-state index contributed by atoms with van der Waals surface area (Å²) >= 11 is 0. The second kappa shape index (κ2) is 17.6. The summed E-state index contributed by atoms with van der Waals surface area (Å²) in [6.07, 6.45) is 8.95. The Labute approximate surface area is 273 Å². The lowest BCUT2D eigenvalue weighted by Crippen LogP contribution is -2.47. The van der Waals surface area contributed by atoms with Gasteiger partial charge in [0.15, 0.2) is 0 Å². The molecule has 2 aromatic rings. The van der Waals surface area contributed by atoms with Crippen LogP contribution in [-0.2, 0) is 4.74 Å². The topological polar surface area (TPSA) is 103 Å². The number of fused-ring (bicyclic) bond motifs is 1. The molecule has 0 saturated heterocycles. The summed E-state index contributed by atoms with van der Waals surface area (Å²) in [5, 5.41) is 15.7. The lowest BCUT2D eigenvalue weighted by molar-refractivity contribution is -0.0190. The van der Waals surface area contributed by atoms with E-state index in [-0.39, 0.29) is 30.6 Å². The van der Waals surface area contributed by atoms with Crippen LogP contribution in [0.15, 0.2) is 42.5 Å². The molecule has 1 fully saturated rings. The fraction of sp³-hybridized carbons (Fsp3) is 0.611. The summed E-state index contributed by atoms with van der Waals surface area (Å²) in [5.74, 6) is 0.469. The van der Waals surface area contributed by atoms with Gasteiger partial charge in [-0.3, -0.25) is 4.79 Å². The van der Waals surface area contributed by atoms with Crippen LogP contribution in [0.25, 0.3) is 0 Å². The quantitative estimate of drug-likeness (QED) is 0.294. The molecule has 46 heavy (non-hydrogen) atoms. The van der Waals surface area contributed by atoms with Crippen molar-refractivity contribution >= 4 is 23.3 Å². The molecule has 1 aliphatic heterocycles. The second-order valence-electron chi connectivity index (χ2n) is 13.3. The van der Waals surface area contributed by atoms with Crippen molar-refractivity contribution in [1.82, 2.24) is 9.80 Å². The number of likely N-dealkylation sites (N-methyl/N-ethyl adjacent to an activating group) is 1. The van der Waals surface area contributed by atoms with E-state index in [4.69, 9.17) is 9.47 Å². The lowest BCUT2D eigenvalue weighted by Gasteiger charge is -2.36. The minimum absolute atomic E-state index is 0.000725. The van der Waals surface area contributed by atoms with Crippen molar-refractivity contribution < 1.29 is 28.6 Å². The number of halogens is 1. The van der Waals surface area contributed by atoms with Crippen molar-refractivity contribution in [3.63, 3.8) is 0 Å². The highest BCUT2D eigenvalue weighted by molar-refractivity contribution is 6.02. The third kappa shape index (κ3) is 10.7. The van der Waals surface area contributed by atoms with Gasteiger partial charge in [-0.25, -0.2) is 9.18 Å². The fourth-order valence-corrected chi connectivity index (χ4v) is 6.48. The number of nitrogens with zero attached hydrogens (tertiary/aromatic N) is 2. The van der Waals surface area contributed by atoms with E-state index in [1.165, 1.54) is 56.4 Å². The zero-order chi connectivity index (χ0) is 33.1. The average Bonchev–Trinajstić information content (AvgIpc) is 3.04. The van der Waals surface area contributed by atoms with Gasteiger partial charge in [0.25, 0.3) is 5.91 Å². The minimum Gasteiger partial charge on any atom is -0.490 e. The Morgan fingerprint density at radius 2 is 1.67 bits per heavy atom. The van der Waals surface area contributed by atoms with Gasteiger partial charge in [-0.2, -0.15) is 0 Å². The number of anilines is 2. The van der Waals surface area contributed by atoms with Crippen molar-refractivity contribution in [2.75, 3.05) is 50.5 Å². The van der Waals surface area contributed by atoms with Crippen LogP contribution in [-0.4, -0.2) is 85.0 Å². The highest BCUT2D eigenvalue weighted by atomic mass is 19.1. The van der Waals surface area contributed by atoms with E-state index < -0.39 is 17.9 Å². The fourth-order valence-electron chi connectivity index (χ4n) is 6.48. The van der Waals surface area contributed by atoms with E-state index in [1.54, 1.807) is 23.1 Å². The van der Waals surface area contributed by atoms with E-state index in [9.17, 15) is 19.1 Å². The number of carbonyl (C=O) groups is 2. The van der Waals surface area contributed by atoms with E-state index in [0.29, 0.717) is 35.8 Å². The van der Waals surface area contributed by atoms with Crippen LogP contribution < -0.4 is 15.4 Å². The van der Waals surface area contributed by atoms with Crippen molar-refractivity contribution in [3.8, 4) is 5.75 Å². The van der Waals surface area contributed by atoms with Gasteiger partial charge in [-0.15, -0.1) is 0 Å². The van der Waals surface area contributed by atoms with Crippen LogP contribution in [0.4, 0.5) is 20.6 Å². The predicted molar refractivity (Wildman–Crippen MR) is 180 cm³/mol. The van der Waals surface area contributed by atoms with Gasteiger partial charge >= 0.3 is 6.03 Å². The minimum atomic E-state index is -0.527. The highest BCUT2D eigenvalue weighted by Gasteiger charge is 2.31. The number of aliphatic hydroxyl groups is 1. The maximum absolute atomic E-state index is 14.3. The average molecular weight is 641 g/mol. The molecule has 0 aromatic heterocycles. The first-order chi connectivity index (χ1) is 22.1. The molecule has 0 radical (unpaired) electrons. The first-order valence-electron chi connectivity index (χ1n) is 17.0. The van der Waals surface area contributed by atoms with Gasteiger partial charge in [0.05, 0.1) is 30.4 Å². The molecule has 4 rings (SSSR count). The molecule has 0 bridgehead atoms. The van der Waals surface area contributed by atoms with E-state index in [1.807, 2.05) is 13.8 Å². The van der Waals surface area contributed by atoms with Crippen molar-refractivity contribution in [3.05, 3.63) is 53.8 Å². The number of hydrogen-bond donors (Lipinski definition) is 3. The molecule has 9 nitrogen and oxygen atoms in total. The first-order valence-corrected chi connectivity index (χ1v) is 17.0. The Balaban J connectivity index is 1.56. The number of hydrogen-bond acceptors (Lipinski definition) is 6. The molecule has 2 aliphatic rings. The number of urea groups is 1. The molecular formula is C36H53FN4O5. The Morgan fingerprint density at radius 3 is 2.39 bits per heavy atom. The normalized spacial score (nSPS) is 22.8. The molecular weight excluding hydrogens is 587 g/mol. The lowest BCUT2D eigenvalue weighted by atomic mass is 9.89. The van der Waals surface area contributed by atoms with Gasteiger partial charge in [0, 0.05) is 43.5 Å². The molecule has 1 aliphatic carbocycles.